The van der Waals surface area contributed by atoms with Crippen LogP contribution in [0, 0.1) is 0 Å². The van der Waals surface area contributed by atoms with Crippen molar-refractivity contribution < 1.29 is 28.5 Å². The highest BCUT2D eigenvalue weighted by Gasteiger charge is 2.23. The van der Waals surface area contributed by atoms with E-state index in [0.29, 0.717) is 5.56 Å². The van der Waals surface area contributed by atoms with E-state index >= 15 is 0 Å². The van der Waals surface area contributed by atoms with Crippen molar-refractivity contribution in [1.29, 1.82) is 0 Å². The molecule has 29 heavy (non-hydrogen) atoms. The lowest BCUT2D eigenvalue weighted by molar-refractivity contribution is -0.0205. The molecule has 0 spiro atoms. The van der Waals surface area contributed by atoms with Crippen LogP contribution in [0.3, 0.4) is 0 Å². The van der Waals surface area contributed by atoms with E-state index in [9.17, 15) is 9.59 Å². The summed E-state index contributed by atoms with van der Waals surface area (Å²) in [5.74, 6) is 0. The Balaban J connectivity index is 2.91. The van der Waals surface area contributed by atoms with Crippen LogP contribution < -0.4 is 0 Å². The normalized spacial score (nSPS) is 14.0. The van der Waals surface area contributed by atoms with Crippen LogP contribution in [0.4, 0.5) is 9.59 Å². The standard InChI is InChI=1S/C23H32O6/c1-9-11-19(27-21(25)29-23(6,7)8)17-14-12-16(13-15-17)18(10-2)26-20(24)28-22(3,4)5/h9-15,18-19H,2H2,1,3-8H3/b11-9-. The molecule has 1 aromatic rings. The number of hydrogen-bond donors (Lipinski definition) is 0. The zero-order chi connectivity index (χ0) is 22.2. The van der Waals surface area contributed by atoms with Gasteiger partial charge in [-0.15, -0.1) is 0 Å². The van der Waals surface area contributed by atoms with Crippen LogP contribution in [0.25, 0.3) is 0 Å². The van der Waals surface area contributed by atoms with Gasteiger partial charge in [0, 0.05) is 0 Å². The molecular weight excluding hydrogens is 372 g/mol. The molecule has 6 nitrogen and oxygen atoms in total. The van der Waals surface area contributed by atoms with E-state index in [4.69, 9.17) is 18.9 Å². The molecule has 0 amide bonds. The van der Waals surface area contributed by atoms with E-state index in [1.807, 2.05) is 6.92 Å². The third kappa shape index (κ3) is 9.32. The molecule has 2 atom stereocenters. The Morgan fingerprint density at radius 2 is 1.21 bits per heavy atom. The summed E-state index contributed by atoms with van der Waals surface area (Å²) in [6.07, 6.45) is 2.28. The fourth-order valence-corrected chi connectivity index (χ4v) is 2.28. The van der Waals surface area contributed by atoms with Crippen LogP contribution in [0.1, 0.15) is 71.8 Å². The summed E-state index contributed by atoms with van der Waals surface area (Å²) in [6.45, 7) is 16.2. The first-order chi connectivity index (χ1) is 13.3. The molecule has 0 saturated heterocycles. The maximum absolute atomic E-state index is 12.0. The van der Waals surface area contributed by atoms with Crippen molar-refractivity contribution in [3.8, 4) is 0 Å². The maximum atomic E-state index is 12.0. The van der Waals surface area contributed by atoms with Crippen molar-refractivity contribution in [3.63, 3.8) is 0 Å². The van der Waals surface area contributed by atoms with Gasteiger partial charge >= 0.3 is 12.3 Å². The summed E-state index contributed by atoms with van der Waals surface area (Å²) >= 11 is 0. The highest BCUT2D eigenvalue weighted by molar-refractivity contribution is 5.62. The van der Waals surface area contributed by atoms with Crippen LogP contribution in [-0.4, -0.2) is 23.5 Å². The first-order valence-electron chi connectivity index (χ1n) is 9.49. The fourth-order valence-electron chi connectivity index (χ4n) is 2.28. The van der Waals surface area contributed by atoms with Crippen LogP contribution in [0.2, 0.25) is 0 Å². The molecule has 6 heteroatoms. The number of ether oxygens (including phenoxy) is 4. The molecule has 0 aliphatic carbocycles. The van der Waals surface area contributed by atoms with Gasteiger partial charge in [0.15, 0.2) is 0 Å². The summed E-state index contributed by atoms with van der Waals surface area (Å²) in [4.78, 5) is 23.9. The molecule has 0 heterocycles. The summed E-state index contributed by atoms with van der Waals surface area (Å²) in [7, 11) is 0. The SMILES string of the molecule is C=CC(OC(=O)OC(C)(C)C)c1ccc(C(/C=C\C)OC(=O)OC(C)(C)C)cc1. The van der Waals surface area contributed by atoms with Crippen LogP contribution in [-0.2, 0) is 18.9 Å². The molecule has 160 valence electrons. The molecule has 0 bridgehead atoms. The van der Waals surface area contributed by atoms with Gasteiger partial charge in [-0.1, -0.05) is 36.9 Å². The Labute approximate surface area is 173 Å². The number of benzene rings is 1. The minimum Gasteiger partial charge on any atom is -0.429 e. The number of carbonyl (C=O) groups excluding carboxylic acids is 2. The quantitative estimate of drug-likeness (QED) is 0.402. The third-order valence-corrected chi connectivity index (χ3v) is 3.40. The molecule has 0 saturated carbocycles. The second-order valence-electron chi connectivity index (χ2n) is 8.43. The van der Waals surface area contributed by atoms with Gasteiger partial charge in [-0.3, -0.25) is 0 Å². The smallest absolute Gasteiger partial charge is 0.429 e. The topological polar surface area (TPSA) is 71.1 Å². The van der Waals surface area contributed by atoms with Crippen molar-refractivity contribution in [2.24, 2.45) is 0 Å². The minimum atomic E-state index is -0.772. The second kappa shape index (κ2) is 10.1. The number of carbonyl (C=O) groups is 2. The Bertz CT molecular complexity index is 719. The van der Waals surface area contributed by atoms with E-state index < -0.39 is 35.7 Å². The molecule has 2 unspecified atom stereocenters. The minimum absolute atomic E-state index is 0.599. The molecule has 1 aromatic carbocycles. The average Bonchev–Trinajstić information content (AvgIpc) is 2.56. The van der Waals surface area contributed by atoms with Gasteiger partial charge < -0.3 is 18.9 Å². The highest BCUT2D eigenvalue weighted by atomic mass is 16.7. The molecule has 0 radical (unpaired) electrons. The lowest BCUT2D eigenvalue weighted by atomic mass is 10.0. The van der Waals surface area contributed by atoms with E-state index in [1.165, 1.54) is 6.08 Å². The van der Waals surface area contributed by atoms with Crippen LogP contribution in [0.15, 0.2) is 49.1 Å². The van der Waals surface area contributed by atoms with Crippen LogP contribution in [0.5, 0.6) is 0 Å². The Morgan fingerprint density at radius 1 is 0.828 bits per heavy atom. The van der Waals surface area contributed by atoms with E-state index in [2.05, 4.69) is 6.58 Å². The molecule has 0 aliphatic rings. The summed E-state index contributed by atoms with van der Waals surface area (Å²) in [5.41, 5.74) is 0.173. The summed E-state index contributed by atoms with van der Waals surface area (Å²) in [5, 5.41) is 0. The second-order valence-corrected chi connectivity index (χ2v) is 8.43. The molecule has 0 N–H and O–H groups in total. The Kier molecular flexibility index (Phi) is 8.49. The first-order valence-corrected chi connectivity index (χ1v) is 9.49. The maximum Gasteiger partial charge on any atom is 0.509 e. The summed E-state index contributed by atoms with van der Waals surface area (Å²) < 4.78 is 21.2. The van der Waals surface area contributed by atoms with Crippen molar-refractivity contribution in [1.82, 2.24) is 0 Å². The zero-order valence-corrected chi connectivity index (χ0v) is 18.4. The number of rotatable bonds is 6. The van der Waals surface area contributed by atoms with Crippen molar-refractivity contribution in [2.45, 2.75) is 71.9 Å². The highest BCUT2D eigenvalue weighted by Crippen LogP contribution is 2.26. The van der Waals surface area contributed by atoms with Gasteiger partial charge in [-0.25, -0.2) is 9.59 Å². The van der Waals surface area contributed by atoms with Gasteiger partial charge in [0.1, 0.15) is 23.4 Å². The van der Waals surface area contributed by atoms with Gasteiger partial charge in [-0.2, -0.15) is 0 Å². The fraction of sp³-hybridized carbons (Fsp3) is 0.478. The largest absolute Gasteiger partial charge is 0.509 e. The number of hydrogen-bond acceptors (Lipinski definition) is 6. The lowest BCUT2D eigenvalue weighted by Crippen LogP contribution is -2.25. The molecule has 0 fully saturated rings. The Hall–Kier alpha value is -2.76. The van der Waals surface area contributed by atoms with Gasteiger partial charge in [-0.05, 0) is 71.7 Å². The van der Waals surface area contributed by atoms with Gasteiger partial charge in [0.2, 0.25) is 0 Å². The molecule has 0 aliphatic heterocycles. The van der Waals surface area contributed by atoms with Gasteiger partial charge in [0.25, 0.3) is 0 Å². The van der Waals surface area contributed by atoms with E-state index in [1.54, 1.807) is 78.0 Å². The van der Waals surface area contributed by atoms with E-state index in [-0.39, 0.29) is 0 Å². The molecule has 1 rings (SSSR count). The lowest BCUT2D eigenvalue weighted by Gasteiger charge is -2.22. The first kappa shape index (κ1) is 24.3. The predicted octanol–water partition coefficient (Wildman–Crippen LogP) is 6.43. The Morgan fingerprint density at radius 3 is 1.55 bits per heavy atom. The monoisotopic (exact) mass is 404 g/mol. The molecule has 0 aromatic heterocycles. The van der Waals surface area contributed by atoms with Crippen LogP contribution >= 0.6 is 0 Å². The average molecular weight is 405 g/mol. The van der Waals surface area contributed by atoms with Crippen molar-refractivity contribution in [3.05, 3.63) is 60.2 Å². The number of allylic oxidation sites excluding steroid dienone is 1. The summed E-state index contributed by atoms with van der Waals surface area (Å²) in [6, 6.07) is 7.14. The van der Waals surface area contributed by atoms with Gasteiger partial charge in [0.05, 0.1) is 0 Å². The third-order valence-electron chi connectivity index (χ3n) is 3.40. The van der Waals surface area contributed by atoms with Crippen molar-refractivity contribution in [2.75, 3.05) is 0 Å². The van der Waals surface area contributed by atoms with Crippen molar-refractivity contribution >= 4 is 12.3 Å². The predicted molar refractivity (Wildman–Crippen MR) is 112 cm³/mol. The molecular formula is C23H32O6. The van der Waals surface area contributed by atoms with E-state index in [0.717, 1.165) is 5.56 Å². The zero-order valence-electron chi connectivity index (χ0n) is 18.4.